The highest BCUT2D eigenvalue weighted by Gasteiger charge is 2.22. The van der Waals surface area contributed by atoms with Gasteiger partial charge in [-0.15, -0.1) is 0 Å². The molecule has 1 unspecified atom stereocenters. The molecule has 0 aliphatic rings. The Hall–Kier alpha value is -1.79. The van der Waals surface area contributed by atoms with Crippen molar-refractivity contribution in [3.63, 3.8) is 0 Å². The highest BCUT2D eigenvalue weighted by Crippen LogP contribution is 2.10. The normalized spacial score (nSPS) is 12.6. The van der Waals surface area contributed by atoms with Crippen LogP contribution in [0.2, 0.25) is 0 Å². The number of aliphatic carboxylic acids is 1. The van der Waals surface area contributed by atoms with Gasteiger partial charge in [-0.25, -0.2) is 4.79 Å². The molecule has 0 spiro atoms. The monoisotopic (exact) mass is 245 g/mol. The Labute approximate surface area is 99.7 Å². The van der Waals surface area contributed by atoms with E-state index in [2.05, 4.69) is 10.6 Å². The lowest BCUT2D eigenvalue weighted by molar-refractivity contribution is -0.137. The van der Waals surface area contributed by atoms with Gasteiger partial charge in [0.05, 0.1) is 0 Å². The van der Waals surface area contributed by atoms with Crippen molar-refractivity contribution in [2.24, 2.45) is 5.73 Å². The predicted molar refractivity (Wildman–Crippen MR) is 61.3 cm³/mol. The van der Waals surface area contributed by atoms with Crippen LogP contribution in [0.5, 0.6) is 0 Å². The molecule has 1 atom stereocenters. The van der Waals surface area contributed by atoms with E-state index in [1.165, 1.54) is 6.92 Å². The van der Waals surface area contributed by atoms with Crippen molar-refractivity contribution in [1.82, 2.24) is 10.6 Å². The Morgan fingerprint density at radius 1 is 1.35 bits per heavy atom. The van der Waals surface area contributed by atoms with E-state index in [1.54, 1.807) is 13.8 Å². The summed E-state index contributed by atoms with van der Waals surface area (Å²) in [5, 5.41) is 13.5. The Balaban J connectivity index is 4.17. The summed E-state index contributed by atoms with van der Waals surface area (Å²) in [5.74, 6) is -1.56. The highest BCUT2D eigenvalue weighted by atomic mass is 16.4. The van der Waals surface area contributed by atoms with Gasteiger partial charge in [0.25, 0.3) is 0 Å². The number of carboxylic acid groups (broad SMARTS) is 1. The Morgan fingerprint density at radius 2 is 1.88 bits per heavy atom. The molecule has 0 saturated heterocycles. The summed E-state index contributed by atoms with van der Waals surface area (Å²) in [6.07, 6.45) is 0.249. The fourth-order valence-electron chi connectivity index (χ4n) is 1.09. The molecule has 0 saturated carbocycles. The van der Waals surface area contributed by atoms with Gasteiger partial charge in [-0.2, -0.15) is 0 Å². The minimum absolute atomic E-state index is 0.0430. The van der Waals surface area contributed by atoms with Crippen LogP contribution >= 0.6 is 0 Å². The minimum Gasteiger partial charge on any atom is -0.481 e. The van der Waals surface area contributed by atoms with Crippen molar-refractivity contribution in [2.75, 3.05) is 0 Å². The number of primary amides is 1. The van der Waals surface area contributed by atoms with Crippen LogP contribution in [0.1, 0.15) is 33.6 Å². The van der Waals surface area contributed by atoms with Crippen LogP contribution in [0.15, 0.2) is 0 Å². The molecule has 0 aliphatic heterocycles. The second kappa shape index (κ2) is 6.07. The molecule has 7 nitrogen and oxygen atoms in total. The molecule has 0 radical (unpaired) electrons. The summed E-state index contributed by atoms with van der Waals surface area (Å²) in [5.41, 5.74) is 4.32. The summed E-state index contributed by atoms with van der Waals surface area (Å²) in [6, 6.07) is -1.32. The average molecular weight is 245 g/mol. The number of hydrogen-bond acceptors (Lipinski definition) is 3. The third-order valence-corrected chi connectivity index (χ3v) is 2.19. The van der Waals surface area contributed by atoms with E-state index in [-0.39, 0.29) is 6.42 Å². The summed E-state index contributed by atoms with van der Waals surface area (Å²) in [6.45, 7) is 4.86. The van der Waals surface area contributed by atoms with E-state index in [1.807, 2.05) is 0 Å². The van der Waals surface area contributed by atoms with Crippen LogP contribution in [0, 0.1) is 0 Å². The van der Waals surface area contributed by atoms with Crippen molar-refractivity contribution in [3.05, 3.63) is 0 Å². The van der Waals surface area contributed by atoms with Gasteiger partial charge in [-0.1, -0.05) is 0 Å². The Morgan fingerprint density at radius 3 is 2.29 bits per heavy atom. The van der Waals surface area contributed by atoms with Crippen molar-refractivity contribution < 1.29 is 19.5 Å². The van der Waals surface area contributed by atoms with Crippen molar-refractivity contribution >= 4 is 17.9 Å². The van der Waals surface area contributed by atoms with Crippen molar-refractivity contribution in [1.29, 1.82) is 0 Å². The number of amides is 3. The second-order valence-electron chi connectivity index (χ2n) is 4.50. The largest absolute Gasteiger partial charge is 0.481 e. The zero-order valence-electron chi connectivity index (χ0n) is 10.2. The molecular weight excluding hydrogens is 226 g/mol. The molecule has 0 aromatic heterocycles. The summed E-state index contributed by atoms with van der Waals surface area (Å²) in [7, 11) is 0. The van der Waals surface area contributed by atoms with Gasteiger partial charge < -0.3 is 21.5 Å². The van der Waals surface area contributed by atoms with Crippen LogP contribution in [0.3, 0.4) is 0 Å². The third kappa shape index (κ3) is 7.15. The maximum absolute atomic E-state index is 11.4. The van der Waals surface area contributed by atoms with Crippen LogP contribution in [0.25, 0.3) is 0 Å². The number of carboxylic acids is 1. The smallest absolute Gasteiger partial charge is 0.315 e. The lowest BCUT2D eigenvalue weighted by Gasteiger charge is -2.26. The summed E-state index contributed by atoms with van der Waals surface area (Å²) in [4.78, 5) is 32.6. The molecule has 3 amide bonds. The number of urea groups is 1. The first-order valence-electron chi connectivity index (χ1n) is 5.24. The zero-order chi connectivity index (χ0) is 13.6. The van der Waals surface area contributed by atoms with Gasteiger partial charge in [-0.05, 0) is 27.2 Å². The summed E-state index contributed by atoms with van der Waals surface area (Å²) >= 11 is 0. The van der Waals surface area contributed by atoms with E-state index >= 15 is 0 Å². The first-order valence-corrected chi connectivity index (χ1v) is 5.24. The highest BCUT2D eigenvalue weighted by molar-refractivity contribution is 5.85. The molecule has 0 rings (SSSR count). The van der Waals surface area contributed by atoms with Crippen LogP contribution in [-0.2, 0) is 9.59 Å². The van der Waals surface area contributed by atoms with Gasteiger partial charge in [0.2, 0.25) is 5.91 Å². The first kappa shape index (κ1) is 15.2. The number of nitrogens with one attached hydrogen (secondary N) is 2. The van der Waals surface area contributed by atoms with Gasteiger partial charge >= 0.3 is 12.0 Å². The first-order chi connectivity index (χ1) is 7.64. The number of hydrogen-bond donors (Lipinski definition) is 4. The number of rotatable bonds is 6. The third-order valence-electron chi connectivity index (χ3n) is 2.19. The maximum Gasteiger partial charge on any atom is 0.315 e. The SMILES string of the molecule is CC(NC(=O)NC(C)(C)CCC(=O)O)C(N)=O. The van der Waals surface area contributed by atoms with Gasteiger partial charge in [0.15, 0.2) is 0 Å². The zero-order valence-corrected chi connectivity index (χ0v) is 10.2. The average Bonchev–Trinajstić information content (AvgIpc) is 2.13. The standard InChI is InChI=1S/C10H19N3O4/c1-6(8(11)16)12-9(17)13-10(2,3)5-4-7(14)15/h6H,4-5H2,1-3H3,(H2,11,16)(H,14,15)(H2,12,13,17). The minimum atomic E-state index is -0.925. The molecule has 0 aromatic carbocycles. The maximum atomic E-state index is 11.4. The molecule has 7 heteroatoms. The quantitative estimate of drug-likeness (QED) is 0.517. The van der Waals surface area contributed by atoms with E-state index in [4.69, 9.17) is 10.8 Å². The lowest BCUT2D eigenvalue weighted by Crippen LogP contribution is -2.53. The Kier molecular flexibility index (Phi) is 5.43. The molecular formula is C10H19N3O4. The molecule has 0 bridgehead atoms. The van der Waals surface area contributed by atoms with E-state index in [0.717, 1.165) is 0 Å². The topological polar surface area (TPSA) is 122 Å². The molecule has 98 valence electrons. The molecule has 0 heterocycles. The number of carbonyl (C=O) groups excluding carboxylic acids is 2. The Bertz CT molecular complexity index is 315. The summed E-state index contributed by atoms with van der Waals surface area (Å²) < 4.78 is 0. The van der Waals surface area contributed by atoms with Gasteiger partial charge in [0.1, 0.15) is 6.04 Å². The van der Waals surface area contributed by atoms with Crippen LogP contribution in [0.4, 0.5) is 4.79 Å². The second-order valence-corrected chi connectivity index (χ2v) is 4.50. The van der Waals surface area contributed by atoms with E-state index in [9.17, 15) is 14.4 Å². The number of nitrogens with two attached hydrogens (primary N) is 1. The lowest BCUT2D eigenvalue weighted by atomic mass is 9.99. The molecule has 17 heavy (non-hydrogen) atoms. The van der Waals surface area contributed by atoms with Crippen molar-refractivity contribution in [3.8, 4) is 0 Å². The fraction of sp³-hybridized carbons (Fsp3) is 0.700. The van der Waals surface area contributed by atoms with E-state index < -0.39 is 29.5 Å². The predicted octanol–water partition coefficient (Wildman–Crippen LogP) is -0.197. The molecule has 5 N–H and O–H groups in total. The molecule has 0 aromatic rings. The van der Waals surface area contributed by atoms with Crippen LogP contribution < -0.4 is 16.4 Å². The molecule has 0 aliphatic carbocycles. The number of carbonyl (C=O) groups is 3. The van der Waals surface area contributed by atoms with Crippen LogP contribution in [-0.4, -0.2) is 34.6 Å². The molecule has 0 fully saturated rings. The van der Waals surface area contributed by atoms with E-state index in [0.29, 0.717) is 6.42 Å². The van der Waals surface area contributed by atoms with Gasteiger partial charge in [-0.3, -0.25) is 9.59 Å². The van der Waals surface area contributed by atoms with Gasteiger partial charge in [0, 0.05) is 12.0 Å². The van der Waals surface area contributed by atoms with Crippen molar-refractivity contribution in [2.45, 2.75) is 45.2 Å². The fourth-order valence-corrected chi connectivity index (χ4v) is 1.09.